The lowest BCUT2D eigenvalue weighted by atomic mass is 9.96. The lowest BCUT2D eigenvalue weighted by molar-refractivity contribution is -0.136. The number of aromatic nitrogens is 1. The Morgan fingerprint density at radius 1 is 1.03 bits per heavy atom. The van der Waals surface area contributed by atoms with Gasteiger partial charge in [-0.1, -0.05) is 42.5 Å². The van der Waals surface area contributed by atoms with Crippen LogP contribution in [0.1, 0.15) is 34.8 Å². The number of carbonyl (C=O) groups is 1. The van der Waals surface area contributed by atoms with Crippen molar-refractivity contribution in [2.75, 3.05) is 0 Å². The van der Waals surface area contributed by atoms with Crippen LogP contribution in [0.4, 0.5) is 0 Å². The molecule has 0 saturated heterocycles. The van der Waals surface area contributed by atoms with Crippen molar-refractivity contribution in [3.05, 3.63) is 101 Å². The van der Waals surface area contributed by atoms with Crippen LogP contribution in [-0.2, 0) is 18.3 Å². The van der Waals surface area contributed by atoms with Crippen molar-refractivity contribution in [1.29, 1.82) is 0 Å². The summed E-state index contributed by atoms with van der Waals surface area (Å²) in [6.07, 6.45) is 2.47. The standard InChI is InChI=1S/C26H25NO3/c1-18-5-3-4-6-23(18)26(21-10-13-24-20(17-21)15-16-27(24)2)30-22-11-7-19(8-12-22)9-14-25(28)29/h3-8,10-13,15-17,26H,9,14H2,1-2H3,(H,28,29). The number of carboxylic acid groups (broad SMARTS) is 1. The molecule has 1 aromatic heterocycles. The Hall–Kier alpha value is -3.53. The van der Waals surface area contributed by atoms with Crippen LogP contribution in [-0.4, -0.2) is 15.6 Å². The second-order valence-electron chi connectivity index (χ2n) is 7.64. The molecule has 0 spiro atoms. The van der Waals surface area contributed by atoms with Gasteiger partial charge in [0.05, 0.1) is 0 Å². The highest BCUT2D eigenvalue weighted by molar-refractivity contribution is 5.81. The van der Waals surface area contributed by atoms with Gasteiger partial charge in [-0.3, -0.25) is 4.79 Å². The number of hydrogen-bond acceptors (Lipinski definition) is 2. The maximum Gasteiger partial charge on any atom is 0.303 e. The molecule has 0 aliphatic carbocycles. The molecule has 0 saturated carbocycles. The average molecular weight is 399 g/mol. The molecule has 4 aromatic rings. The lowest BCUT2D eigenvalue weighted by Gasteiger charge is -2.22. The molecule has 0 amide bonds. The van der Waals surface area contributed by atoms with Gasteiger partial charge in [0.15, 0.2) is 0 Å². The van der Waals surface area contributed by atoms with Crippen LogP contribution in [0.2, 0.25) is 0 Å². The van der Waals surface area contributed by atoms with Gasteiger partial charge in [-0.05, 0) is 71.3 Å². The molecule has 1 unspecified atom stereocenters. The number of nitrogens with zero attached hydrogens (tertiary/aromatic N) is 1. The summed E-state index contributed by atoms with van der Waals surface area (Å²) in [5, 5.41) is 10.1. The topological polar surface area (TPSA) is 51.5 Å². The van der Waals surface area contributed by atoms with E-state index in [2.05, 4.69) is 54.1 Å². The molecule has 0 aliphatic heterocycles. The van der Waals surface area contributed by atoms with Gasteiger partial charge in [-0.25, -0.2) is 0 Å². The molecule has 1 N–H and O–H groups in total. The zero-order chi connectivity index (χ0) is 21.1. The van der Waals surface area contributed by atoms with Crippen LogP contribution in [0.3, 0.4) is 0 Å². The first-order valence-corrected chi connectivity index (χ1v) is 10.1. The van der Waals surface area contributed by atoms with Crippen LogP contribution in [0, 0.1) is 6.92 Å². The highest BCUT2D eigenvalue weighted by atomic mass is 16.5. The largest absolute Gasteiger partial charge is 0.481 e. The third-order valence-corrected chi connectivity index (χ3v) is 5.49. The number of carboxylic acids is 1. The molecule has 1 heterocycles. The molecule has 0 aliphatic rings. The van der Waals surface area contributed by atoms with Gasteiger partial charge in [-0.15, -0.1) is 0 Å². The van der Waals surface area contributed by atoms with Gasteiger partial charge in [0.1, 0.15) is 11.9 Å². The van der Waals surface area contributed by atoms with Crippen molar-refractivity contribution in [2.45, 2.75) is 25.9 Å². The summed E-state index contributed by atoms with van der Waals surface area (Å²) < 4.78 is 8.59. The minimum atomic E-state index is -0.786. The summed E-state index contributed by atoms with van der Waals surface area (Å²) in [5.41, 5.74) is 5.57. The van der Waals surface area contributed by atoms with Crippen molar-refractivity contribution in [3.63, 3.8) is 0 Å². The third-order valence-electron chi connectivity index (χ3n) is 5.49. The zero-order valence-corrected chi connectivity index (χ0v) is 17.2. The number of aryl methyl sites for hydroxylation is 3. The monoisotopic (exact) mass is 399 g/mol. The first kappa shape index (κ1) is 19.8. The van der Waals surface area contributed by atoms with Gasteiger partial charge in [0, 0.05) is 25.2 Å². The van der Waals surface area contributed by atoms with E-state index in [0.717, 1.165) is 22.4 Å². The van der Waals surface area contributed by atoms with Crippen molar-refractivity contribution in [3.8, 4) is 5.75 Å². The maximum atomic E-state index is 10.8. The molecule has 1 atom stereocenters. The van der Waals surface area contributed by atoms with E-state index in [-0.39, 0.29) is 12.5 Å². The first-order chi connectivity index (χ1) is 14.5. The van der Waals surface area contributed by atoms with E-state index < -0.39 is 5.97 Å². The highest BCUT2D eigenvalue weighted by Gasteiger charge is 2.19. The SMILES string of the molecule is Cc1ccccc1C(Oc1ccc(CCC(=O)O)cc1)c1ccc2c(ccn2C)c1. The van der Waals surface area contributed by atoms with Gasteiger partial charge < -0.3 is 14.4 Å². The van der Waals surface area contributed by atoms with E-state index in [9.17, 15) is 4.79 Å². The average Bonchev–Trinajstić information content (AvgIpc) is 3.12. The van der Waals surface area contributed by atoms with Crippen LogP contribution >= 0.6 is 0 Å². The fourth-order valence-electron chi connectivity index (χ4n) is 3.78. The molecule has 30 heavy (non-hydrogen) atoms. The molecule has 4 heteroatoms. The minimum Gasteiger partial charge on any atom is -0.481 e. The Morgan fingerprint density at radius 3 is 2.53 bits per heavy atom. The second-order valence-corrected chi connectivity index (χ2v) is 7.64. The number of hydrogen-bond donors (Lipinski definition) is 1. The fourth-order valence-corrected chi connectivity index (χ4v) is 3.78. The number of rotatable bonds is 7. The van der Waals surface area contributed by atoms with Crippen LogP contribution in [0.5, 0.6) is 5.75 Å². The van der Waals surface area contributed by atoms with Gasteiger partial charge in [-0.2, -0.15) is 0 Å². The van der Waals surface area contributed by atoms with E-state index in [1.165, 1.54) is 16.5 Å². The van der Waals surface area contributed by atoms with Gasteiger partial charge >= 0.3 is 5.97 Å². The highest BCUT2D eigenvalue weighted by Crippen LogP contribution is 2.32. The smallest absolute Gasteiger partial charge is 0.303 e. The molecule has 3 aromatic carbocycles. The van der Waals surface area contributed by atoms with Crippen molar-refractivity contribution >= 4 is 16.9 Å². The van der Waals surface area contributed by atoms with E-state index in [4.69, 9.17) is 9.84 Å². The number of fused-ring (bicyclic) bond motifs is 1. The Labute approximate surface area is 176 Å². The predicted octanol–water partition coefficient (Wildman–Crippen LogP) is 5.67. The molecular weight excluding hydrogens is 374 g/mol. The molecule has 152 valence electrons. The first-order valence-electron chi connectivity index (χ1n) is 10.1. The van der Waals surface area contributed by atoms with Gasteiger partial charge in [0.25, 0.3) is 0 Å². The number of ether oxygens (including phenoxy) is 1. The molecule has 4 rings (SSSR count). The van der Waals surface area contributed by atoms with Gasteiger partial charge in [0.2, 0.25) is 0 Å². The normalized spacial score (nSPS) is 12.1. The number of aliphatic carboxylic acids is 1. The van der Waals surface area contributed by atoms with Crippen molar-refractivity contribution in [1.82, 2.24) is 4.57 Å². The summed E-state index contributed by atoms with van der Waals surface area (Å²) in [4.78, 5) is 10.8. The fraction of sp³-hybridized carbons (Fsp3) is 0.192. The molecule has 4 nitrogen and oxygen atoms in total. The van der Waals surface area contributed by atoms with E-state index >= 15 is 0 Å². The lowest BCUT2D eigenvalue weighted by Crippen LogP contribution is -2.11. The third kappa shape index (κ3) is 4.23. The van der Waals surface area contributed by atoms with Crippen molar-refractivity contribution < 1.29 is 14.6 Å². The van der Waals surface area contributed by atoms with E-state index in [1.807, 2.05) is 43.4 Å². The van der Waals surface area contributed by atoms with Crippen molar-refractivity contribution in [2.24, 2.45) is 7.05 Å². The molecule has 0 fully saturated rings. The molecular formula is C26H25NO3. The Morgan fingerprint density at radius 2 is 1.80 bits per heavy atom. The second kappa shape index (κ2) is 8.46. The summed E-state index contributed by atoms with van der Waals surface area (Å²) in [6.45, 7) is 2.10. The van der Waals surface area contributed by atoms with E-state index in [0.29, 0.717) is 6.42 Å². The zero-order valence-electron chi connectivity index (χ0n) is 17.2. The number of benzene rings is 3. The molecule has 0 radical (unpaired) electrons. The Bertz CT molecular complexity index is 1170. The van der Waals surface area contributed by atoms with E-state index in [1.54, 1.807) is 0 Å². The summed E-state index contributed by atoms with van der Waals surface area (Å²) in [7, 11) is 2.04. The predicted molar refractivity (Wildman–Crippen MR) is 119 cm³/mol. The minimum absolute atomic E-state index is 0.128. The maximum absolute atomic E-state index is 10.8. The summed E-state index contributed by atoms with van der Waals surface area (Å²) >= 11 is 0. The van der Waals surface area contributed by atoms with Crippen LogP contribution < -0.4 is 4.74 Å². The summed E-state index contributed by atoms with van der Waals surface area (Å²) in [5.74, 6) is -0.0262. The Balaban J connectivity index is 1.67. The molecule has 0 bridgehead atoms. The van der Waals surface area contributed by atoms with Crippen LogP contribution in [0.25, 0.3) is 10.9 Å². The Kier molecular flexibility index (Phi) is 5.57. The quantitative estimate of drug-likeness (QED) is 0.435. The summed E-state index contributed by atoms with van der Waals surface area (Å²) in [6, 6.07) is 24.6. The van der Waals surface area contributed by atoms with Crippen LogP contribution in [0.15, 0.2) is 79.0 Å².